The molecule has 0 fully saturated rings. The quantitative estimate of drug-likeness (QED) is 0.300. The van der Waals surface area contributed by atoms with Crippen molar-refractivity contribution >= 4 is 17.7 Å². The molecule has 0 aromatic carbocycles. The van der Waals surface area contributed by atoms with E-state index in [1.165, 1.54) is 14.0 Å². The number of ether oxygens (including phenoxy) is 1. The Morgan fingerprint density at radius 3 is 2.42 bits per heavy atom. The maximum Gasteiger partial charge on any atom is 0.328 e. The predicted octanol–water partition coefficient (Wildman–Crippen LogP) is -1.69. The van der Waals surface area contributed by atoms with Gasteiger partial charge in [0, 0.05) is 12.8 Å². The van der Waals surface area contributed by atoms with Crippen molar-refractivity contribution in [2.24, 2.45) is 4.99 Å². The van der Waals surface area contributed by atoms with Crippen molar-refractivity contribution in [2.45, 2.75) is 37.5 Å². The van der Waals surface area contributed by atoms with E-state index in [1.54, 1.807) is 0 Å². The Balaban J connectivity index is 3.29. The number of aliphatic imine (C=N–C) groups is 1. The monoisotopic (exact) mass is 346 g/mol. The molecule has 0 radical (unpaired) electrons. The smallest absolute Gasteiger partial charge is 0.328 e. The van der Waals surface area contributed by atoms with Crippen molar-refractivity contribution in [2.75, 3.05) is 20.3 Å². The van der Waals surface area contributed by atoms with Gasteiger partial charge in [-0.05, 0) is 6.92 Å². The number of nitrogens with zero attached hydrogens (tertiary/aromatic N) is 1. The fourth-order valence-electron chi connectivity index (χ4n) is 2.37. The van der Waals surface area contributed by atoms with Crippen LogP contribution in [0.2, 0.25) is 0 Å². The van der Waals surface area contributed by atoms with Gasteiger partial charge < -0.3 is 35.6 Å². The maximum absolute atomic E-state index is 11.2. The van der Waals surface area contributed by atoms with Gasteiger partial charge in [0.1, 0.15) is 6.54 Å². The summed E-state index contributed by atoms with van der Waals surface area (Å²) >= 11 is 0. The Kier molecular flexibility index (Phi) is 6.70. The summed E-state index contributed by atoms with van der Waals surface area (Å²) in [6.45, 7) is 0.0583. The highest BCUT2D eigenvalue weighted by atomic mass is 16.5. The number of hydrogen-bond donors (Lipinski definition) is 6. The molecule has 0 aromatic heterocycles. The van der Waals surface area contributed by atoms with Crippen LogP contribution in [0.1, 0.15) is 19.8 Å². The molecule has 10 nitrogen and oxygen atoms in total. The summed E-state index contributed by atoms with van der Waals surface area (Å²) in [4.78, 5) is 25.8. The van der Waals surface area contributed by atoms with E-state index < -0.39 is 42.8 Å². The minimum atomic E-state index is -1.65. The van der Waals surface area contributed by atoms with E-state index in [0.717, 1.165) is 0 Å². The van der Waals surface area contributed by atoms with Gasteiger partial charge in [-0.2, -0.15) is 0 Å². The number of carboxylic acid groups (broad SMARTS) is 2. The lowest BCUT2D eigenvalue weighted by molar-refractivity contribution is -0.142. The summed E-state index contributed by atoms with van der Waals surface area (Å²) < 4.78 is 5.17. The minimum absolute atomic E-state index is 0.0833. The third-order valence-corrected chi connectivity index (χ3v) is 3.52. The molecule has 1 aliphatic carbocycles. The molecule has 1 rings (SSSR count). The molecule has 1 unspecified atom stereocenters. The topological polar surface area (TPSA) is 169 Å². The lowest BCUT2D eigenvalue weighted by Gasteiger charge is -2.35. The molecule has 0 amide bonds. The van der Waals surface area contributed by atoms with Gasteiger partial charge in [0.15, 0.2) is 11.8 Å². The molecular formula is C14H22N2O8. The SMILES string of the molecule is COC1=C(N[C@@H](C(=O)O)[C@H](C)O)CC(O)(CO)CC1=NCC(=O)O. The zero-order valence-electron chi connectivity index (χ0n) is 13.4. The molecule has 6 N–H and O–H groups in total. The van der Waals surface area contributed by atoms with Crippen LogP contribution in [0.15, 0.2) is 16.4 Å². The molecule has 0 aromatic rings. The van der Waals surface area contributed by atoms with E-state index >= 15 is 0 Å². The van der Waals surface area contributed by atoms with E-state index in [2.05, 4.69) is 10.3 Å². The van der Waals surface area contributed by atoms with Crippen molar-refractivity contribution in [3.05, 3.63) is 11.5 Å². The zero-order chi connectivity index (χ0) is 18.5. The van der Waals surface area contributed by atoms with Crippen LogP contribution in [0.3, 0.4) is 0 Å². The van der Waals surface area contributed by atoms with Crippen LogP contribution in [-0.4, -0.2) is 81.2 Å². The van der Waals surface area contributed by atoms with Gasteiger partial charge >= 0.3 is 11.9 Å². The number of aliphatic carboxylic acids is 2. The average Bonchev–Trinajstić information content (AvgIpc) is 2.49. The zero-order valence-corrected chi connectivity index (χ0v) is 13.4. The highest BCUT2D eigenvalue weighted by molar-refractivity contribution is 6.01. The van der Waals surface area contributed by atoms with Gasteiger partial charge in [-0.1, -0.05) is 0 Å². The first kappa shape index (κ1) is 19.9. The van der Waals surface area contributed by atoms with E-state index in [0.29, 0.717) is 0 Å². The van der Waals surface area contributed by atoms with Crippen LogP contribution in [0.5, 0.6) is 0 Å². The number of carboxylic acids is 2. The maximum atomic E-state index is 11.2. The molecule has 0 saturated heterocycles. The molecule has 0 spiro atoms. The molecule has 0 saturated carbocycles. The van der Waals surface area contributed by atoms with Crippen LogP contribution < -0.4 is 5.32 Å². The highest BCUT2D eigenvalue weighted by Gasteiger charge is 2.39. The first-order chi connectivity index (χ1) is 11.1. The Morgan fingerprint density at radius 2 is 2.00 bits per heavy atom. The van der Waals surface area contributed by atoms with Gasteiger partial charge in [0.2, 0.25) is 0 Å². The molecule has 10 heteroatoms. The summed E-state index contributed by atoms with van der Waals surface area (Å²) in [6, 6.07) is -1.38. The van der Waals surface area contributed by atoms with Gasteiger partial charge in [-0.3, -0.25) is 9.79 Å². The van der Waals surface area contributed by atoms with Crippen LogP contribution >= 0.6 is 0 Å². The van der Waals surface area contributed by atoms with Crippen molar-refractivity contribution < 1.29 is 39.9 Å². The molecule has 24 heavy (non-hydrogen) atoms. The van der Waals surface area contributed by atoms with Gasteiger partial charge in [0.25, 0.3) is 0 Å². The number of aliphatic hydroxyl groups excluding tert-OH is 2. The number of rotatable bonds is 8. The van der Waals surface area contributed by atoms with Gasteiger partial charge in [-0.25, -0.2) is 4.79 Å². The standard InChI is InChI=1S/C14H22N2O8/c1-7(18)11(13(21)22)16-9-4-14(23,6-17)3-8(12(9)24-2)15-5-10(19)20/h7,11,16-18,23H,3-6H2,1-2H3,(H,19,20)(H,21,22)/t7-,11+,14?/m0/s1. The van der Waals surface area contributed by atoms with E-state index in [9.17, 15) is 24.9 Å². The first-order valence-corrected chi connectivity index (χ1v) is 7.17. The number of carbonyl (C=O) groups is 2. The third-order valence-electron chi connectivity index (χ3n) is 3.52. The molecule has 136 valence electrons. The largest absolute Gasteiger partial charge is 0.493 e. The van der Waals surface area contributed by atoms with Gasteiger partial charge in [-0.15, -0.1) is 0 Å². The Bertz CT molecular complexity index is 557. The van der Waals surface area contributed by atoms with Crippen molar-refractivity contribution in [1.82, 2.24) is 5.32 Å². The summed E-state index contributed by atoms with van der Waals surface area (Å²) in [6.07, 6.45) is -1.58. The van der Waals surface area contributed by atoms with Crippen molar-refractivity contribution in [3.8, 4) is 0 Å². The summed E-state index contributed by atoms with van der Waals surface area (Å²) in [5.74, 6) is -2.44. The Morgan fingerprint density at radius 1 is 1.38 bits per heavy atom. The second-order valence-corrected chi connectivity index (χ2v) is 5.61. The summed E-state index contributed by atoms with van der Waals surface area (Å²) in [7, 11) is 1.29. The Labute approximate surface area is 138 Å². The number of hydrogen-bond acceptors (Lipinski definition) is 8. The molecule has 0 aliphatic heterocycles. The number of nitrogens with one attached hydrogen (secondary N) is 1. The van der Waals surface area contributed by atoms with E-state index in [4.69, 9.17) is 14.9 Å². The third kappa shape index (κ3) is 4.91. The summed E-state index contributed by atoms with van der Waals surface area (Å²) in [5, 5.41) is 49.8. The molecule has 3 atom stereocenters. The van der Waals surface area contributed by atoms with Gasteiger partial charge in [0.05, 0.1) is 36.8 Å². The number of allylic oxidation sites excluding steroid dienone is 1. The lowest BCUT2D eigenvalue weighted by Crippen LogP contribution is -2.49. The molecule has 0 bridgehead atoms. The second kappa shape index (κ2) is 8.08. The number of aliphatic hydroxyl groups is 3. The fourth-order valence-corrected chi connectivity index (χ4v) is 2.37. The molecule has 1 aliphatic rings. The lowest BCUT2D eigenvalue weighted by atomic mass is 9.85. The highest BCUT2D eigenvalue weighted by Crippen LogP contribution is 2.30. The first-order valence-electron chi connectivity index (χ1n) is 7.17. The molecule has 0 heterocycles. The van der Waals surface area contributed by atoms with E-state index in [1.807, 2.05) is 0 Å². The van der Waals surface area contributed by atoms with Crippen LogP contribution in [0, 0.1) is 0 Å². The predicted molar refractivity (Wildman–Crippen MR) is 81.5 cm³/mol. The summed E-state index contributed by atoms with van der Waals surface area (Å²) in [5.41, 5.74) is -1.46. The Hall–Kier alpha value is -2.17. The van der Waals surface area contributed by atoms with Crippen LogP contribution in [0.4, 0.5) is 0 Å². The molecular weight excluding hydrogens is 324 g/mol. The minimum Gasteiger partial charge on any atom is -0.493 e. The van der Waals surface area contributed by atoms with Crippen molar-refractivity contribution in [3.63, 3.8) is 0 Å². The van der Waals surface area contributed by atoms with E-state index in [-0.39, 0.29) is 30.0 Å². The fraction of sp³-hybridized carbons (Fsp3) is 0.643. The average molecular weight is 346 g/mol. The normalized spacial score (nSPS) is 25.3. The van der Waals surface area contributed by atoms with Crippen LogP contribution in [-0.2, 0) is 14.3 Å². The van der Waals surface area contributed by atoms with Crippen molar-refractivity contribution in [1.29, 1.82) is 0 Å². The van der Waals surface area contributed by atoms with Crippen LogP contribution in [0.25, 0.3) is 0 Å². The number of methoxy groups -OCH3 is 1. The second-order valence-electron chi connectivity index (χ2n) is 5.61.